The van der Waals surface area contributed by atoms with Gasteiger partial charge in [0.15, 0.2) is 0 Å². The number of halogens is 2. The molecule has 0 fully saturated rings. The van der Waals surface area contributed by atoms with E-state index in [0.29, 0.717) is 29.2 Å². The zero-order chi connectivity index (χ0) is 24.3. The second-order valence-corrected chi connectivity index (χ2v) is 8.07. The normalized spacial score (nSPS) is 10.9. The molecule has 0 aliphatic heterocycles. The predicted molar refractivity (Wildman–Crippen MR) is 136 cm³/mol. The molecule has 0 atom stereocenters. The molecule has 1 amide bonds. The zero-order valence-corrected chi connectivity index (χ0v) is 20.2. The second kappa shape index (κ2) is 12.8. The Morgan fingerprint density at radius 3 is 2.56 bits per heavy atom. The zero-order valence-electron chi connectivity index (χ0n) is 19.4. The average Bonchev–Trinajstić information content (AvgIpc) is 2.85. The van der Waals surface area contributed by atoms with E-state index < -0.39 is 5.82 Å². The summed E-state index contributed by atoms with van der Waals surface area (Å²) in [6.07, 6.45) is 2.50. The van der Waals surface area contributed by atoms with Crippen LogP contribution in [0.3, 0.4) is 0 Å². The number of nitrogens with zero attached hydrogens (tertiary/aromatic N) is 2. The number of rotatable bonds is 11. The van der Waals surface area contributed by atoms with Crippen molar-refractivity contribution in [3.05, 3.63) is 94.3 Å². The maximum atomic E-state index is 14.2. The molecule has 0 aliphatic carbocycles. The fraction of sp³-hybridized carbons (Fsp3) is 0.259. The quantitative estimate of drug-likeness (QED) is 0.270. The van der Waals surface area contributed by atoms with Crippen molar-refractivity contribution in [1.29, 1.82) is 0 Å². The van der Waals surface area contributed by atoms with E-state index in [9.17, 15) is 9.18 Å². The molecule has 5 nitrogen and oxygen atoms in total. The molecule has 7 heteroatoms. The minimum atomic E-state index is -0.423. The summed E-state index contributed by atoms with van der Waals surface area (Å²) in [5.41, 5.74) is 5.58. The summed E-state index contributed by atoms with van der Waals surface area (Å²) >= 11 is 6.15. The molecule has 0 aromatic heterocycles. The monoisotopic (exact) mass is 481 g/mol. The van der Waals surface area contributed by atoms with Gasteiger partial charge in [0.05, 0.1) is 11.2 Å². The van der Waals surface area contributed by atoms with Crippen LogP contribution >= 0.6 is 11.6 Å². The Bertz CT molecular complexity index is 1100. The molecule has 34 heavy (non-hydrogen) atoms. The van der Waals surface area contributed by atoms with Crippen molar-refractivity contribution in [3.8, 4) is 5.75 Å². The third-order valence-corrected chi connectivity index (χ3v) is 5.79. The van der Waals surface area contributed by atoms with Crippen LogP contribution in [0.5, 0.6) is 5.75 Å². The van der Waals surface area contributed by atoms with Gasteiger partial charge in [0, 0.05) is 42.4 Å². The van der Waals surface area contributed by atoms with Crippen molar-refractivity contribution >= 4 is 29.4 Å². The van der Waals surface area contributed by atoms with Crippen LogP contribution in [0.4, 0.5) is 10.1 Å². The SMILES string of the molecule is CCN(CC)c1ccc(/C=N/NC(=O)CCc2ccccc2)c(OCc2c(F)cccc2Cl)c1. The molecular formula is C27H29ClFN3O2. The Labute approximate surface area is 205 Å². The summed E-state index contributed by atoms with van der Waals surface area (Å²) in [5.74, 6) is -0.0835. The Kier molecular flexibility index (Phi) is 9.47. The third-order valence-electron chi connectivity index (χ3n) is 5.44. The summed E-state index contributed by atoms with van der Waals surface area (Å²) < 4.78 is 20.2. The van der Waals surface area contributed by atoms with Gasteiger partial charge in [-0.15, -0.1) is 0 Å². The first-order valence-electron chi connectivity index (χ1n) is 11.3. The molecule has 3 aromatic rings. The molecule has 0 bridgehead atoms. The molecule has 0 saturated carbocycles. The van der Waals surface area contributed by atoms with Gasteiger partial charge in [-0.3, -0.25) is 4.79 Å². The molecular weight excluding hydrogens is 453 g/mol. The van der Waals surface area contributed by atoms with E-state index in [0.717, 1.165) is 24.3 Å². The van der Waals surface area contributed by atoms with Crippen molar-refractivity contribution in [2.75, 3.05) is 18.0 Å². The van der Waals surface area contributed by atoms with E-state index in [2.05, 4.69) is 29.3 Å². The van der Waals surface area contributed by atoms with Gasteiger partial charge in [-0.2, -0.15) is 5.10 Å². The van der Waals surface area contributed by atoms with Crippen LogP contribution in [0.15, 0.2) is 71.8 Å². The van der Waals surface area contributed by atoms with Crippen LogP contribution in [0.25, 0.3) is 0 Å². The third kappa shape index (κ3) is 7.06. The van der Waals surface area contributed by atoms with Crippen LogP contribution in [-0.4, -0.2) is 25.2 Å². The first-order valence-corrected chi connectivity index (χ1v) is 11.7. The maximum absolute atomic E-state index is 14.2. The lowest BCUT2D eigenvalue weighted by atomic mass is 10.1. The number of anilines is 1. The van der Waals surface area contributed by atoms with Crippen LogP contribution in [0.2, 0.25) is 5.02 Å². The highest BCUT2D eigenvalue weighted by molar-refractivity contribution is 6.31. The first kappa shape index (κ1) is 25.2. The number of nitrogens with one attached hydrogen (secondary N) is 1. The lowest BCUT2D eigenvalue weighted by molar-refractivity contribution is -0.121. The van der Waals surface area contributed by atoms with E-state index >= 15 is 0 Å². The molecule has 0 unspecified atom stereocenters. The van der Waals surface area contributed by atoms with E-state index in [1.165, 1.54) is 12.3 Å². The van der Waals surface area contributed by atoms with Gasteiger partial charge in [0.2, 0.25) is 5.91 Å². The fourth-order valence-electron chi connectivity index (χ4n) is 3.49. The molecule has 0 spiro atoms. The minimum absolute atomic E-state index is 0.0303. The number of hydrogen-bond acceptors (Lipinski definition) is 4. The highest BCUT2D eigenvalue weighted by Gasteiger charge is 2.12. The number of carbonyl (C=O) groups excluding carboxylic acids is 1. The number of benzene rings is 3. The lowest BCUT2D eigenvalue weighted by Gasteiger charge is -2.22. The molecule has 0 aliphatic rings. The Balaban J connectivity index is 1.72. The first-order chi connectivity index (χ1) is 16.5. The van der Waals surface area contributed by atoms with Crippen molar-refractivity contribution in [1.82, 2.24) is 5.43 Å². The van der Waals surface area contributed by atoms with E-state index in [4.69, 9.17) is 16.3 Å². The summed E-state index contributed by atoms with van der Waals surface area (Å²) in [6, 6.07) is 20.1. The second-order valence-electron chi connectivity index (χ2n) is 7.66. The lowest BCUT2D eigenvalue weighted by Crippen LogP contribution is -2.22. The molecule has 0 heterocycles. The Hall–Kier alpha value is -3.38. The Morgan fingerprint density at radius 2 is 1.85 bits per heavy atom. The summed E-state index contributed by atoms with van der Waals surface area (Å²) in [5, 5.41) is 4.41. The average molecular weight is 482 g/mol. The topological polar surface area (TPSA) is 53.9 Å². The highest BCUT2D eigenvalue weighted by Crippen LogP contribution is 2.27. The van der Waals surface area contributed by atoms with Gasteiger partial charge < -0.3 is 9.64 Å². The molecule has 1 N–H and O–H groups in total. The van der Waals surface area contributed by atoms with Gasteiger partial charge in [-0.1, -0.05) is 48.0 Å². The van der Waals surface area contributed by atoms with E-state index in [-0.39, 0.29) is 18.1 Å². The maximum Gasteiger partial charge on any atom is 0.240 e. The Morgan fingerprint density at radius 1 is 1.09 bits per heavy atom. The molecule has 3 aromatic carbocycles. The number of aryl methyl sites for hydroxylation is 1. The van der Waals surface area contributed by atoms with Gasteiger partial charge in [-0.25, -0.2) is 9.82 Å². The largest absolute Gasteiger partial charge is 0.488 e. The minimum Gasteiger partial charge on any atom is -0.488 e. The number of amides is 1. The van der Waals surface area contributed by atoms with Gasteiger partial charge in [-0.05, 0) is 50.1 Å². The number of carbonyl (C=O) groups is 1. The van der Waals surface area contributed by atoms with Crippen LogP contribution in [0, 0.1) is 5.82 Å². The van der Waals surface area contributed by atoms with Crippen molar-refractivity contribution < 1.29 is 13.9 Å². The number of ether oxygens (including phenoxy) is 1. The van der Waals surface area contributed by atoms with Crippen molar-refractivity contribution in [2.45, 2.75) is 33.3 Å². The van der Waals surface area contributed by atoms with Crippen LogP contribution < -0.4 is 15.1 Å². The van der Waals surface area contributed by atoms with Gasteiger partial charge in [0.25, 0.3) is 0 Å². The van der Waals surface area contributed by atoms with Crippen LogP contribution in [0.1, 0.15) is 37.0 Å². The standard InChI is InChI=1S/C27H29ClFN3O2/c1-3-32(4-2)22-15-14-21(18-30-31-27(33)16-13-20-9-6-5-7-10-20)26(17-22)34-19-23-24(28)11-8-12-25(23)29/h5-12,14-15,17-18H,3-4,13,16,19H2,1-2H3,(H,31,33)/b30-18+. The molecule has 178 valence electrons. The van der Waals surface area contributed by atoms with Gasteiger partial charge in [0.1, 0.15) is 18.2 Å². The van der Waals surface area contributed by atoms with Crippen molar-refractivity contribution in [3.63, 3.8) is 0 Å². The summed E-state index contributed by atoms with van der Waals surface area (Å²) in [7, 11) is 0. The molecule has 0 radical (unpaired) electrons. The predicted octanol–water partition coefficient (Wildman–Crippen LogP) is 5.99. The number of hydrazone groups is 1. The highest BCUT2D eigenvalue weighted by atomic mass is 35.5. The van der Waals surface area contributed by atoms with Crippen molar-refractivity contribution in [2.24, 2.45) is 5.10 Å². The van der Waals surface area contributed by atoms with E-state index in [1.807, 2.05) is 48.5 Å². The molecule has 3 rings (SSSR count). The molecule has 0 saturated heterocycles. The van der Waals surface area contributed by atoms with E-state index in [1.54, 1.807) is 12.1 Å². The fourth-order valence-corrected chi connectivity index (χ4v) is 3.71. The number of hydrogen-bond donors (Lipinski definition) is 1. The smallest absolute Gasteiger partial charge is 0.240 e. The summed E-state index contributed by atoms with van der Waals surface area (Å²) in [4.78, 5) is 14.4. The van der Waals surface area contributed by atoms with Gasteiger partial charge >= 0.3 is 0 Å². The summed E-state index contributed by atoms with van der Waals surface area (Å²) in [6.45, 7) is 5.78. The van der Waals surface area contributed by atoms with Crippen LogP contribution in [-0.2, 0) is 17.8 Å².